The van der Waals surface area contributed by atoms with Crippen LogP contribution in [0.1, 0.15) is 11.4 Å². The number of methoxy groups -OCH3 is 1. The second-order valence-corrected chi connectivity index (χ2v) is 5.94. The van der Waals surface area contributed by atoms with Crippen LogP contribution in [0.4, 0.5) is 0 Å². The molecule has 0 N–H and O–H groups in total. The van der Waals surface area contributed by atoms with Crippen molar-refractivity contribution in [2.75, 3.05) is 7.11 Å². The Morgan fingerprint density at radius 2 is 1.73 bits per heavy atom. The number of ether oxygens (including phenoxy) is 1. The minimum Gasteiger partial charge on any atom is -0.496 e. The van der Waals surface area contributed by atoms with Crippen molar-refractivity contribution in [1.29, 1.82) is 0 Å². The average Bonchev–Trinajstić information content (AvgIpc) is 2.67. The van der Waals surface area contributed by atoms with Gasteiger partial charge in [-0.15, -0.1) is 0 Å². The molecule has 5 heteroatoms. The van der Waals surface area contributed by atoms with Gasteiger partial charge in [-0.3, -0.25) is 4.79 Å². The molecule has 128 valence electrons. The van der Waals surface area contributed by atoms with E-state index in [2.05, 4.69) is 10.1 Å². The van der Waals surface area contributed by atoms with Crippen molar-refractivity contribution in [3.05, 3.63) is 82.4 Å². The number of aromatic nitrogens is 2. The molecule has 0 bridgehead atoms. The van der Waals surface area contributed by atoms with Crippen LogP contribution >= 0.6 is 0 Å². The number of benzene rings is 3. The highest BCUT2D eigenvalue weighted by Gasteiger charge is 2.09. The predicted octanol–water partition coefficient (Wildman–Crippen LogP) is 3.75. The van der Waals surface area contributed by atoms with Gasteiger partial charge >= 0.3 is 0 Å². The molecule has 1 aromatic heterocycles. The number of fused-ring (bicyclic) bond motifs is 2. The minimum absolute atomic E-state index is 0.191. The molecular formula is C21H17N3O2. The third-order valence-corrected chi connectivity index (χ3v) is 4.37. The standard InChI is InChI=1S/C21H17N3O2/c1-14-23-19-10-6-5-9-17(19)21(25)24(14)22-13-18-16-8-4-3-7-15(16)11-12-20(18)26-2/h3-13H,1-2H3/b22-13+. The van der Waals surface area contributed by atoms with Gasteiger partial charge in [0.05, 0.1) is 24.2 Å². The minimum atomic E-state index is -0.191. The van der Waals surface area contributed by atoms with Gasteiger partial charge in [0.2, 0.25) is 0 Å². The third-order valence-electron chi connectivity index (χ3n) is 4.37. The molecule has 0 atom stereocenters. The van der Waals surface area contributed by atoms with Crippen LogP contribution in [-0.4, -0.2) is 23.0 Å². The average molecular weight is 343 g/mol. The van der Waals surface area contributed by atoms with Gasteiger partial charge in [0.1, 0.15) is 11.6 Å². The molecule has 0 aliphatic rings. The fourth-order valence-electron chi connectivity index (χ4n) is 3.07. The number of para-hydroxylation sites is 1. The lowest BCUT2D eigenvalue weighted by Crippen LogP contribution is -2.20. The summed E-state index contributed by atoms with van der Waals surface area (Å²) in [5.74, 6) is 1.23. The molecule has 0 saturated carbocycles. The summed E-state index contributed by atoms with van der Waals surface area (Å²) in [5, 5.41) is 7.05. The summed E-state index contributed by atoms with van der Waals surface area (Å²) in [6.45, 7) is 1.77. The van der Waals surface area contributed by atoms with Crippen LogP contribution in [0.3, 0.4) is 0 Å². The van der Waals surface area contributed by atoms with Crippen molar-refractivity contribution in [1.82, 2.24) is 9.66 Å². The summed E-state index contributed by atoms with van der Waals surface area (Å²) in [7, 11) is 1.62. The Balaban J connectivity index is 1.91. The van der Waals surface area contributed by atoms with E-state index in [0.29, 0.717) is 22.5 Å². The predicted molar refractivity (Wildman–Crippen MR) is 104 cm³/mol. The molecule has 1 heterocycles. The van der Waals surface area contributed by atoms with Crippen LogP contribution < -0.4 is 10.3 Å². The lowest BCUT2D eigenvalue weighted by atomic mass is 10.0. The molecule has 0 spiro atoms. The van der Waals surface area contributed by atoms with Crippen LogP contribution in [0, 0.1) is 6.92 Å². The fraction of sp³-hybridized carbons (Fsp3) is 0.0952. The molecule has 3 aromatic carbocycles. The highest BCUT2D eigenvalue weighted by atomic mass is 16.5. The second kappa shape index (κ2) is 6.44. The van der Waals surface area contributed by atoms with Crippen molar-refractivity contribution in [2.45, 2.75) is 6.92 Å². The van der Waals surface area contributed by atoms with Gasteiger partial charge in [0.15, 0.2) is 0 Å². The van der Waals surface area contributed by atoms with Crippen LogP contribution in [-0.2, 0) is 0 Å². The van der Waals surface area contributed by atoms with Crippen molar-refractivity contribution in [3.63, 3.8) is 0 Å². The van der Waals surface area contributed by atoms with Crippen LogP contribution in [0.15, 0.2) is 70.6 Å². The van der Waals surface area contributed by atoms with Gasteiger partial charge in [0, 0.05) is 5.56 Å². The van der Waals surface area contributed by atoms with Crippen molar-refractivity contribution in [2.24, 2.45) is 5.10 Å². The van der Waals surface area contributed by atoms with Crippen LogP contribution in [0.2, 0.25) is 0 Å². The Bertz CT molecular complexity index is 1210. The Kier molecular flexibility index (Phi) is 3.97. The maximum Gasteiger partial charge on any atom is 0.282 e. The smallest absolute Gasteiger partial charge is 0.282 e. The lowest BCUT2D eigenvalue weighted by Gasteiger charge is -2.09. The molecule has 0 aliphatic heterocycles. The maximum atomic E-state index is 12.8. The van der Waals surface area contributed by atoms with Crippen molar-refractivity contribution >= 4 is 27.9 Å². The first-order valence-electron chi connectivity index (χ1n) is 8.27. The van der Waals surface area contributed by atoms with E-state index in [-0.39, 0.29) is 5.56 Å². The molecule has 5 nitrogen and oxygen atoms in total. The van der Waals surface area contributed by atoms with Crippen LogP contribution in [0.5, 0.6) is 5.75 Å². The normalized spacial score (nSPS) is 11.5. The van der Waals surface area contributed by atoms with Gasteiger partial charge < -0.3 is 4.74 Å². The van der Waals surface area contributed by atoms with Gasteiger partial charge in [-0.2, -0.15) is 9.78 Å². The fourth-order valence-corrected chi connectivity index (χ4v) is 3.07. The molecular weight excluding hydrogens is 326 g/mol. The number of nitrogens with zero attached hydrogens (tertiary/aromatic N) is 3. The molecule has 0 fully saturated rings. The van der Waals surface area contributed by atoms with Gasteiger partial charge in [-0.05, 0) is 35.9 Å². The number of hydrogen-bond donors (Lipinski definition) is 0. The zero-order valence-electron chi connectivity index (χ0n) is 14.5. The van der Waals surface area contributed by atoms with E-state index in [0.717, 1.165) is 16.3 Å². The van der Waals surface area contributed by atoms with Gasteiger partial charge in [-0.25, -0.2) is 4.98 Å². The Hall–Kier alpha value is -3.47. The summed E-state index contributed by atoms with van der Waals surface area (Å²) < 4.78 is 6.80. The monoisotopic (exact) mass is 343 g/mol. The molecule has 4 aromatic rings. The van der Waals surface area contributed by atoms with E-state index in [1.54, 1.807) is 26.3 Å². The summed E-state index contributed by atoms with van der Waals surface area (Å²) in [4.78, 5) is 17.2. The van der Waals surface area contributed by atoms with E-state index < -0.39 is 0 Å². The maximum absolute atomic E-state index is 12.8. The van der Waals surface area contributed by atoms with E-state index >= 15 is 0 Å². The molecule has 0 amide bonds. The topological polar surface area (TPSA) is 56.5 Å². The molecule has 4 rings (SSSR count). The second-order valence-electron chi connectivity index (χ2n) is 5.94. The Labute approximate surface area is 150 Å². The summed E-state index contributed by atoms with van der Waals surface area (Å²) in [5.41, 5.74) is 1.30. The lowest BCUT2D eigenvalue weighted by molar-refractivity contribution is 0.415. The molecule has 0 saturated heterocycles. The SMILES string of the molecule is COc1ccc2ccccc2c1/C=N/n1c(C)nc2ccccc2c1=O. The highest BCUT2D eigenvalue weighted by Crippen LogP contribution is 2.26. The highest BCUT2D eigenvalue weighted by molar-refractivity contribution is 6.02. The zero-order chi connectivity index (χ0) is 18.1. The van der Waals surface area contributed by atoms with Crippen molar-refractivity contribution < 1.29 is 4.74 Å². The first kappa shape index (κ1) is 16.0. The quantitative estimate of drug-likeness (QED) is 0.532. The first-order chi connectivity index (χ1) is 12.7. The van der Waals surface area contributed by atoms with E-state index in [4.69, 9.17) is 4.74 Å². The zero-order valence-corrected chi connectivity index (χ0v) is 14.5. The number of hydrogen-bond acceptors (Lipinski definition) is 4. The summed E-state index contributed by atoms with van der Waals surface area (Å²) in [6, 6.07) is 19.2. The van der Waals surface area contributed by atoms with Gasteiger partial charge in [-0.1, -0.05) is 42.5 Å². The molecule has 26 heavy (non-hydrogen) atoms. The molecule has 0 unspecified atom stereocenters. The first-order valence-corrected chi connectivity index (χ1v) is 8.27. The van der Waals surface area contributed by atoms with Gasteiger partial charge in [0.25, 0.3) is 5.56 Å². The van der Waals surface area contributed by atoms with E-state index in [1.165, 1.54) is 4.68 Å². The number of aryl methyl sites for hydroxylation is 1. The number of rotatable bonds is 3. The van der Waals surface area contributed by atoms with E-state index in [1.807, 2.05) is 54.6 Å². The Morgan fingerprint density at radius 1 is 1.00 bits per heavy atom. The van der Waals surface area contributed by atoms with Crippen LogP contribution in [0.25, 0.3) is 21.7 Å². The van der Waals surface area contributed by atoms with Crippen molar-refractivity contribution in [3.8, 4) is 5.75 Å². The molecule has 0 radical (unpaired) electrons. The third kappa shape index (κ3) is 2.63. The molecule has 0 aliphatic carbocycles. The summed E-state index contributed by atoms with van der Waals surface area (Å²) >= 11 is 0. The summed E-state index contributed by atoms with van der Waals surface area (Å²) in [6.07, 6.45) is 1.66. The Morgan fingerprint density at radius 3 is 2.54 bits per heavy atom. The largest absolute Gasteiger partial charge is 0.496 e. The van der Waals surface area contributed by atoms with E-state index in [9.17, 15) is 4.79 Å².